The van der Waals surface area contributed by atoms with E-state index in [1.165, 1.54) is 48.8 Å². The second-order valence-electron chi connectivity index (χ2n) is 7.40. The topological polar surface area (TPSA) is 20.2 Å². The maximum Gasteiger partial charge on any atom is 0.115 e. The van der Waals surface area contributed by atoms with Crippen LogP contribution in [-0.2, 0) is 6.42 Å². The highest BCUT2D eigenvalue weighted by atomic mass is 16.3. The number of fused-ring (bicyclic) bond motifs is 5. The molecule has 1 heteroatoms. The summed E-state index contributed by atoms with van der Waals surface area (Å²) < 4.78 is 0. The summed E-state index contributed by atoms with van der Waals surface area (Å²) in [6, 6.07) is 6.06. The molecule has 3 aliphatic carbocycles. The van der Waals surface area contributed by atoms with E-state index in [0.29, 0.717) is 11.2 Å². The Hall–Kier alpha value is -1.24. The predicted molar refractivity (Wildman–Crippen MR) is 81.9 cm³/mol. The van der Waals surface area contributed by atoms with Crippen molar-refractivity contribution in [1.82, 2.24) is 0 Å². The van der Waals surface area contributed by atoms with Gasteiger partial charge in [0, 0.05) is 0 Å². The standard InChI is InChI=1S/C19H24O/c1-12-3-8-18-17-6-4-13-11-14(20)5-7-15(13)16(17)9-10-19(12,18)2/h5,7,11,16-18,20H,1,3-4,6,8-10H2,2H3. The van der Waals surface area contributed by atoms with Crippen LogP contribution in [0.3, 0.4) is 0 Å². The molecule has 2 fully saturated rings. The first-order valence-electron chi connectivity index (χ1n) is 8.09. The molecule has 1 nitrogen and oxygen atoms in total. The van der Waals surface area contributed by atoms with Gasteiger partial charge < -0.3 is 5.11 Å². The minimum atomic E-state index is 0.412. The summed E-state index contributed by atoms with van der Waals surface area (Å²) in [6.45, 7) is 6.84. The van der Waals surface area contributed by atoms with Gasteiger partial charge in [0.2, 0.25) is 0 Å². The molecule has 0 heterocycles. The van der Waals surface area contributed by atoms with Crippen LogP contribution < -0.4 is 0 Å². The SMILES string of the molecule is C=C1CCC2C3CCc4cc(O)ccc4C3CCC12C. The number of benzene rings is 1. The monoisotopic (exact) mass is 268 g/mol. The first-order valence-corrected chi connectivity index (χ1v) is 8.09. The Labute approximate surface area is 121 Å². The van der Waals surface area contributed by atoms with Gasteiger partial charge in [-0.05, 0) is 85.0 Å². The quantitative estimate of drug-likeness (QED) is 0.670. The Morgan fingerprint density at radius 3 is 2.90 bits per heavy atom. The fourth-order valence-electron chi connectivity index (χ4n) is 5.48. The number of hydrogen-bond donors (Lipinski definition) is 1. The molecule has 106 valence electrons. The van der Waals surface area contributed by atoms with Crippen molar-refractivity contribution in [3.8, 4) is 5.75 Å². The maximum atomic E-state index is 9.70. The average Bonchev–Trinajstić information content (AvgIpc) is 2.74. The van der Waals surface area contributed by atoms with Crippen molar-refractivity contribution in [3.05, 3.63) is 41.5 Å². The van der Waals surface area contributed by atoms with Crippen LogP contribution in [0.2, 0.25) is 0 Å². The number of allylic oxidation sites excluding steroid dienone is 1. The van der Waals surface area contributed by atoms with Gasteiger partial charge in [-0.3, -0.25) is 0 Å². The number of aryl methyl sites for hydroxylation is 1. The van der Waals surface area contributed by atoms with Gasteiger partial charge in [0.1, 0.15) is 5.75 Å². The maximum absolute atomic E-state index is 9.70. The average molecular weight is 268 g/mol. The Kier molecular flexibility index (Phi) is 2.58. The molecule has 0 bridgehead atoms. The van der Waals surface area contributed by atoms with Crippen LogP contribution in [0.15, 0.2) is 30.4 Å². The molecule has 1 aromatic carbocycles. The minimum absolute atomic E-state index is 0.412. The van der Waals surface area contributed by atoms with E-state index in [-0.39, 0.29) is 0 Å². The van der Waals surface area contributed by atoms with Crippen molar-refractivity contribution in [3.63, 3.8) is 0 Å². The van der Waals surface area contributed by atoms with Crippen molar-refractivity contribution in [2.45, 2.75) is 51.4 Å². The molecular weight excluding hydrogens is 244 g/mol. The van der Waals surface area contributed by atoms with Crippen molar-refractivity contribution >= 4 is 0 Å². The summed E-state index contributed by atoms with van der Waals surface area (Å²) in [5, 5.41) is 9.70. The fourth-order valence-corrected chi connectivity index (χ4v) is 5.48. The van der Waals surface area contributed by atoms with E-state index in [1.54, 1.807) is 0 Å². The van der Waals surface area contributed by atoms with Crippen LogP contribution in [0.5, 0.6) is 5.75 Å². The molecule has 2 saturated carbocycles. The van der Waals surface area contributed by atoms with E-state index < -0.39 is 0 Å². The van der Waals surface area contributed by atoms with Crippen molar-refractivity contribution < 1.29 is 5.11 Å². The number of phenolic OH excluding ortho intramolecular Hbond substituents is 1. The largest absolute Gasteiger partial charge is 0.508 e. The number of aromatic hydroxyl groups is 1. The van der Waals surface area contributed by atoms with Crippen LogP contribution in [0.25, 0.3) is 0 Å². The zero-order chi connectivity index (χ0) is 13.9. The van der Waals surface area contributed by atoms with E-state index >= 15 is 0 Å². The molecule has 4 unspecified atom stereocenters. The van der Waals surface area contributed by atoms with E-state index in [9.17, 15) is 5.11 Å². The number of hydrogen-bond acceptors (Lipinski definition) is 1. The van der Waals surface area contributed by atoms with Crippen LogP contribution >= 0.6 is 0 Å². The Morgan fingerprint density at radius 2 is 2.05 bits per heavy atom. The fraction of sp³-hybridized carbons (Fsp3) is 0.579. The summed E-state index contributed by atoms with van der Waals surface area (Å²) in [4.78, 5) is 0. The first kappa shape index (κ1) is 12.5. The highest BCUT2D eigenvalue weighted by Gasteiger charge is 2.51. The highest BCUT2D eigenvalue weighted by molar-refractivity contribution is 5.40. The summed E-state index contributed by atoms with van der Waals surface area (Å²) in [5.41, 5.74) is 4.85. The lowest BCUT2D eigenvalue weighted by atomic mass is 9.55. The van der Waals surface area contributed by atoms with E-state index in [0.717, 1.165) is 24.2 Å². The lowest BCUT2D eigenvalue weighted by molar-refractivity contribution is 0.0816. The zero-order valence-corrected chi connectivity index (χ0v) is 12.4. The van der Waals surface area contributed by atoms with Crippen LogP contribution in [0.4, 0.5) is 0 Å². The van der Waals surface area contributed by atoms with Crippen LogP contribution in [0.1, 0.15) is 56.1 Å². The van der Waals surface area contributed by atoms with Crippen LogP contribution in [-0.4, -0.2) is 5.11 Å². The predicted octanol–water partition coefficient (Wildman–Crippen LogP) is 4.80. The normalized spacial score (nSPS) is 39.0. The molecule has 3 aliphatic rings. The molecule has 0 aromatic heterocycles. The van der Waals surface area contributed by atoms with E-state index in [4.69, 9.17) is 0 Å². The molecule has 20 heavy (non-hydrogen) atoms. The molecule has 1 N–H and O–H groups in total. The minimum Gasteiger partial charge on any atom is -0.508 e. The Balaban J connectivity index is 1.73. The summed E-state index contributed by atoms with van der Waals surface area (Å²) in [6.07, 6.45) is 7.64. The van der Waals surface area contributed by atoms with Crippen LogP contribution in [0, 0.1) is 17.3 Å². The lowest BCUT2D eigenvalue weighted by Crippen LogP contribution is -2.40. The van der Waals surface area contributed by atoms with E-state index in [2.05, 4.69) is 19.6 Å². The smallest absolute Gasteiger partial charge is 0.115 e. The van der Waals surface area contributed by atoms with Crippen molar-refractivity contribution in [1.29, 1.82) is 0 Å². The Bertz CT molecular complexity index is 573. The first-order chi connectivity index (χ1) is 9.59. The van der Waals surface area contributed by atoms with Gasteiger partial charge in [0.15, 0.2) is 0 Å². The second kappa shape index (κ2) is 4.13. The van der Waals surface area contributed by atoms with Gasteiger partial charge in [-0.2, -0.15) is 0 Å². The van der Waals surface area contributed by atoms with Gasteiger partial charge in [-0.15, -0.1) is 0 Å². The molecule has 0 aliphatic heterocycles. The Morgan fingerprint density at radius 1 is 1.20 bits per heavy atom. The van der Waals surface area contributed by atoms with Gasteiger partial charge in [-0.25, -0.2) is 0 Å². The molecule has 4 atom stereocenters. The molecular formula is C19H24O. The summed E-state index contributed by atoms with van der Waals surface area (Å²) >= 11 is 0. The molecule has 4 rings (SSSR count). The van der Waals surface area contributed by atoms with Crippen molar-refractivity contribution in [2.75, 3.05) is 0 Å². The summed E-state index contributed by atoms with van der Waals surface area (Å²) in [7, 11) is 0. The van der Waals surface area contributed by atoms with E-state index in [1.807, 2.05) is 12.1 Å². The number of phenols is 1. The van der Waals surface area contributed by atoms with Gasteiger partial charge >= 0.3 is 0 Å². The van der Waals surface area contributed by atoms with Gasteiger partial charge in [-0.1, -0.05) is 25.1 Å². The second-order valence-corrected chi connectivity index (χ2v) is 7.40. The molecule has 0 radical (unpaired) electrons. The lowest BCUT2D eigenvalue weighted by Gasteiger charge is -2.49. The zero-order valence-electron chi connectivity index (χ0n) is 12.4. The van der Waals surface area contributed by atoms with Gasteiger partial charge in [0.25, 0.3) is 0 Å². The third-order valence-corrected chi connectivity index (χ3v) is 6.66. The molecule has 0 spiro atoms. The van der Waals surface area contributed by atoms with Gasteiger partial charge in [0.05, 0.1) is 0 Å². The number of rotatable bonds is 0. The van der Waals surface area contributed by atoms with Crippen molar-refractivity contribution in [2.24, 2.45) is 17.3 Å². The molecule has 0 amide bonds. The molecule has 0 saturated heterocycles. The third kappa shape index (κ3) is 1.55. The molecule has 1 aromatic rings. The third-order valence-electron chi connectivity index (χ3n) is 6.66. The highest BCUT2D eigenvalue weighted by Crippen LogP contribution is 2.62. The summed E-state index contributed by atoms with van der Waals surface area (Å²) in [5.74, 6) is 2.83.